The van der Waals surface area contributed by atoms with E-state index in [9.17, 15) is 4.79 Å². The van der Waals surface area contributed by atoms with Crippen LogP contribution in [0.15, 0.2) is 24.3 Å². The lowest BCUT2D eigenvalue weighted by Gasteiger charge is -2.38. The normalized spacial score (nSPS) is 24.1. The van der Waals surface area contributed by atoms with Crippen LogP contribution in [-0.2, 0) is 5.88 Å². The molecule has 1 aromatic rings. The smallest absolute Gasteiger partial charge is 0.254 e. The van der Waals surface area contributed by atoms with Crippen LogP contribution in [0.2, 0.25) is 0 Å². The second kappa shape index (κ2) is 5.75. The van der Waals surface area contributed by atoms with Gasteiger partial charge in [0.15, 0.2) is 0 Å². The van der Waals surface area contributed by atoms with E-state index in [-0.39, 0.29) is 5.91 Å². The second-order valence-electron chi connectivity index (χ2n) is 5.19. The Morgan fingerprint density at radius 1 is 1.33 bits per heavy atom. The van der Waals surface area contributed by atoms with Gasteiger partial charge in [-0.25, -0.2) is 0 Å². The summed E-state index contributed by atoms with van der Waals surface area (Å²) in [7, 11) is 0. The number of carbonyl (C=O) groups is 1. The van der Waals surface area contributed by atoms with Crippen LogP contribution < -0.4 is 0 Å². The quantitative estimate of drug-likeness (QED) is 0.747. The molecular weight excluding hydrogens is 246 g/mol. The molecule has 2 atom stereocenters. The van der Waals surface area contributed by atoms with E-state index < -0.39 is 0 Å². The van der Waals surface area contributed by atoms with E-state index in [0.717, 1.165) is 24.1 Å². The van der Waals surface area contributed by atoms with Crippen LogP contribution in [0, 0.1) is 5.92 Å². The molecule has 2 unspecified atom stereocenters. The minimum Gasteiger partial charge on any atom is -0.336 e. The molecule has 1 heterocycles. The molecule has 0 N–H and O–H groups in total. The van der Waals surface area contributed by atoms with Crippen molar-refractivity contribution in [3.05, 3.63) is 35.4 Å². The number of benzene rings is 1. The number of rotatable bonds is 2. The molecule has 0 aromatic heterocycles. The summed E-state index contributed by atoms with van der Waals surface area (Å²) in [5.74, 6) is 1.23. The molecule has 2 rings (SSSR count). The van der Waals surface area contributed by atoms with Gasteiger partial charge in [0.25, 0.3) is 5.91 Å². The third-order valence-corrected chi connectivity index (χ3v) is 4.30. The standard InChI is InChI=1S/C15H20ClNO/c1-11-4-3-9-17(12(11)2)15(18)14-7-5-13(10-16)6-8-14/h5-8,11-12H,3-4,9-10H2,1-2H3. The molecule has 0 bridgehead atoms. The average Bonchev–Trinajstić information content (AvgIpc) is 2.41. The van der Waals surface area contributed by atoms with Crippen LogP contribution in [0.3, 0.4) is 0 Å². The number of hydrogen-bond donors (Lipinski definition) is 0. The van der Waals surface area contributed by atoms with Crippen molar-refractivity contribution in [3.8, 4) is 0 Å². The van der Waals surface area contributed by atoms with Crippen molar-refractivity contribution in [2.24, 2.45) is 5.92 Å². The van der Waals surface area contributed by atoms with Crippen LogP contribution in [0.4, 0.5) is 0 Å². The van der Waals surface area contributed by atoms with Crippen molar-refractivity contribution in [2.45, 2.75) is 38.6 Å². The fraction of sp³-hybridized carbons (Fsp3) is 0.533. The zero-order valence-corrected chi connectivity index (χ0v) is 11.8. The fourth-order valence-electron chi connectivity index (χ4n) is 2.52. The molecular formula is C15H20ClNO. The maximum atomic E-state index is 12.4. The molecule has 1 aromatic carbocycles. The van der Waals surface area contributed by atoms with Gasteiger partial charge in [-0.3, -0.25) is 4.79 Å². The first-order valence-corrected chi connectivity index (χ1v) is 7.13. The van der Waals surface area contributed by atoms with E-state index in [0.29, 0.717) is 17.8 Å². The van der Waals surface area contributed by atoms with E-state index in [1.54, 1.807) is 0 Å². The lowest BCUT2D eigenvalue weighted by molar-refractivity contribution is 0.0551. The second-order valence-corrected chi connectivity index (χ2v) is 5.46. The van der Waals surface area contributed by atoms with E-state index in [1.165, 1.54) is 6.42 Å². The number of likely N-dealkylation sites (tertiary alicyclic amines) is 1. The molecule has 98 valence electrons. The van der Waals surface area contributed by atoms with Crippen LogP contribution >= 0.6 is 11.6 Å². The number of alkyl halides is 1. The highest BCUT2D eigenvalue weighted by molar-refractivity contribution is 6.17. The number of amides is 1. The van der Waals surface area contributed by atoms with Gasteiger partial charge in [0.1, 0.15) is 0 Å². The first-order chi connectivity index (χ1) is 8.63. The Bertz CT molecular complexity index is 415. The highest BCUT2D eigenvalue weighted by Gasteiger charge is 2.28. The molecule has 18 heavy (non-hydrogen) atoms. The highest BCUT2D eigenvalue weighted by Crippen LogP contribution is 2.24. The van der Waals surface area contributed by atoms with Gasteiger partial charge in [-0.1, -0.05) is 19.1 Å². The Morgan fingerprint density at radius 2 is 2.00 bits per heavy atom. The molecule has 1 fully saturated rings. The largest absolute Gasteiger partial charge is 0.336 e. The van der Waals surface area contributed by atoms with Gasteiger partial charge in [0.2, 0.25) is 0 Å². The number of piperidine rings is 1. The van der Waals surface area contributed by atoms with E-state index in [4.69, 9.17) is 11.6 Å². The molecule has 1 saturated heterocycles. The van der Waals surface area contributed by atoms with Gasteiger partial charge < -0.3 is 4.90 Å². The summed E-state index contributed by atoms with van der Waals surface area (Å²) >= 11 is 5.75. The van der Waals surface area contributed by atoms with Crippen LogP contribution in [0.1, 0.15) is 42.6 Å². The van der Waals surface area contributed by atoms with Gasteiger partial charge in [0.05, 0.1) is 0 Å². The van der Waals surface area contributed by atoms with Gasteiger partial charge in [-0.05, 0) is 43.4 Å². The van der Waals surface area contributed by atoms with Crippen molar-refractivity contribution < 1.29 is 4.79 Å². The predicted octanol–water partition coefficient (Wildman–Crippen LogP) is 3.69. The predicted molar refractivity (Wildman–Crippen MR) is 74.9 cm³/mol. The minimum absolute atomic E-state index is 0.148. The third-order valence-electron chi connectivity index (χ3n) is 3.99. The lowest BCUT2D eigenvalue weighted by atomic mass is 9.91. The molecule has 0 saturated carbocycles. The monoisotopic (exact) mass is 265 g/mol. The summed E-state index contributed by atoms with van der Waals surface area (Å²) in [6.45, 7) is 5.25. The first kappa shape index (κ1) is 13.4. The molecule has 0 aliphatic carbocycles. The topological polar surface area (TPSA) is 20.3 Å². The fourth-order valence-corrected chi connectivity index (χ4v) is 2.70. The number of halogens is 1. The van der Waals surface area contributed by atoms with Crippen molar-refractivity contribution in [3.63, 3.8) is 0 Å². The molecule has 1 aliphatic heterocycles. The summed E-state index contributed by atoms with van der Waals surface area (Å²) in [6, 6.07) is 7.95. The molecule has 2 nitrogen and oxygen atoms in total. The summed E-state index contributed by atoms with van der Waals surface area (Å²) < 4.78 is 0. The number of hydrogen-bond acceptors (Lipinski definition) is 1. The highest BCUT2D eigenvalue weighted by atomic mass is 35.5. The van der Waals surface area contributed by atoms with Gasteiger partial charge >= 0.3 is 0 Å². The zero-order valence-electron chi connectivity index (χ0n) is 11.0. The SMILES string of the molecule is CC1CCCN(C(=O)c2ccc(CCl)cc2)C1C. The molecule has 1 amide bonds. The molecule has 0 radical (unpaired) electrons. The van der Waals surface area contributed by atoms with Gasteiger partial charge in [-0.15, -0.1) is 11.6 Å². The maximum absolute atomic E-state index is 12.4. The van der Waals surface area contributed by atoms with Crippen molar-refractivity contribution >= 4 is 17.5 Å². The van der Waals surface area contributed by atoms with Crippen molar-refractivity contribution in [1.82, 2.24) is 4.90 Å². The van der Waals surface area contributed by atoms with Crippen LogP contribution in [-0.4, -0.2) is 23.4 Å². The Hall–Kier alpha value is -1.02. The number of nitrogens with zero attached hydrogens (tertiary/aromatic N) is 1. The summed E-state index contributed by atoms with van der Waals surface area (Å²) in [4.78, 5) is 14.5. The van der Waals surface area contributed by atoms with E-state index in [1.807, 2.05) is 29.2 Å². The van der Waals surface area contributed by atoms with E-state index >= 15 is 0 Å². The van der Waals surface area contributed by atoms with E-state index in [2.05, 4.69) is 13.8 Å². The summed E-state index contributed by atoms with van der Waals surface area (Å²) in [6.07, 6.45) is 2.33. The van der Waals surface area contributed by atoms with Crippen molar-refractivity contribution in [1.29, 1.82) is 0 Å². The molecule has 0 spiro atoms. The minimum atomic E-state index is 0.148. The first-order valence-electron chi connectivity index (χ1n) is 6.59. The van der Waals surface area contributed by atoms with Gasteiger partial charge in [-0.2, -0.15) is 0 Å². The summed E-state index contributed by atoms with van der Waals surface area (Å²) in [5.41, 5.74) is 1.82. The number of carbonyl (C=O) groups excluding carboxylic acids is 1. The lowest BCUT2D eigenvalue weighted by Crippen LogP contribution is -2.46. The van der Waals surface area contributed by atoms with Gasteiger partial charge in [0, 0.05) is 24.0 Å². The van der Waals surface area contributed by atoms with Crippen LogP contribution in [0.5, 0.6) is 0 Å². The third kappa shape index (κ3) is 2.69. The Morgan fingerprint density at radius 3 is 2.61 bits per heavy atom. The maximum Gasteiger partial charge on any atom is 0.254 e. The average molecular weight is 266 g/mol. The van der Waals surface area contributed by atoms with Crippen molar-refractivity contribution in [2.75, 3.05) is 6.54 Å². The Labute approximate surface area is 114 Å². The van der Waals surface area contributed by atoms with Crippen LogP contribution in [0.25, 0.3) is 0 Å². The zero-order chi connectivity index (χ0) is 13.1. The molecule has 1 aliphatic rings. The Balaban J connectivity index is 2.14. The summed E-state index contributed by atoms with van der Waals surface area (Å²) in [5, 5.41) is 0. The Kier molecular flexibility index (Phi) is 4.28. The molecule has 3 heteroatoms.